The van der Waals surface area contributed by atoms with E-state index in [2.05, 4.69) is 35.5 Å². The minimum Gasteiger partial charge on any atom is -0.343 e. The Morgan fingerprint density at radius 2 is 1.88 bits per heavy atom. The monoisotopic (exact) mass is 325 g/mol. The summed E-state index contributed by atoms with van der Waals surface area (Å²) in [6.07, 6.45) is 5.58. The van der Waals surface area contributed by atoms with Gasteiger partial charge in [-0.2, -0.15) is 0 Å². The van der Waals surface area contributed by atoms with Crippen LogP contribution in [-0.2, 0) is 17.8 Å². The summed E-state index contributed by atoms with van der Waals surface area (Å²) < 4.78 is 2.30. The third-order valence-corrected chi connectivity index (χ3v) is 5.13. The van der Waals surface area contributed by atoms with Crippen molar-refractivity contribution in [3.05, 3.63) is 53.6 Å². The number of rotatable bonds is 5. The van der Waals surface area contributed by atoms with Crippen LogP contribution in [0.1, 0.15) is 36.3 Å². The molecule has 1 aliphatic rings. The second kappa shape index (κ2) is 7.65. The number of benzene rings is 1. The number of imidazole rings is 1. The highest BCUT2D eigenvalue weighted by molar-refractivity contribution is 5.76. The standard InChI is InChI=1S/C20H27N3O/c1-16-14-21-17(2)23(16)15-19-10-12-22(13-11-19)20(24)9-8-18-6-4-3-5-7-18/h3-7,14,19H,8-13,15H2,1-2H3. The summed E-state index contributed by atoms with van der Waals surface area (Å²) in [4.78, 5) is 18.8. The molecule has 4 nitrogen and oxygen atoms in total. The molecule has 0 spiro atoms. The minimum atomic E-state index is 0.298. The van der Waals surface area contributed by atoms with Crippen molar-refractivity contribution in [2.75, 3.05) is 13.1 Å². The highest BCUT2D eigenvalue weighted by Crippen LogP contribution is 2.21. The lowest BCUT2D eigenvalue weighted by atomic mass is 9.96. The Balaban J connectivity index is 1.45. The number of nitrogens with zero attached hydrogens (tertiary/aromatic N) is 3. The first kappa shape index (κ1) is 16.7. The Hall–Kier alpha value is -2.10. The molecule has 1 fully saturated rings. The van der Waals surface area contributed by atoms with Gasteiger partial charge in [0.15, 0.2) is 0 Å². The molecular weight excluding hydrogens is 298 g/mol. The van der Waals surface area contributed by atoms with E-state index in [1.165, 1.54) is 11.3 Å². The van der Waals surface area contributed by atoms with Gasteiger partial charge in [-0.25, -0.2) is 4.98 Å². The van der Waals surface area contributed by atoms with Crippen LogP contribution >= 0.6 is 0 Å². The van der Waals surface area contributed by atoms with Crippen LogP contribution in [-0.4, -0.2) is 33.4 Å². The van der Waals surface area contributed by atoms with Gasteiger partial charge in [0.25, 0.3) is 0 Å². The molecule has 2 heterocycles. The maximum atomic E-state index is 12.4. The average Bonchev–Trinajstić information content (AvgIpc) is 2.93. The molecule has 3 rings (SSSR count). The molecule has 0 N–H and O–H groups in total. The summed E-state index contributed by atoms with van der Waals surface area (Å²) >= 11 is 0. The highest BCUT2D eigenvalue weighted by atomic mass is 16.2. The summed E-state index contributed by atoms with van der Waals surface area (Å²) in [6, 6.07) is 10.3. The van der Waals surface area contributed by atoms with Gasteiger partial charge in [-0.05, 0) is 44.6 Å². The molecule has 0 saturated carbocycles. The van der Waals surface area contributed by atoms with E-state index in [0.717, 1.165) is 44.7 Å². The molecule has 0 atom stereocenters. The maximum Gasteiger partial charge on any atom is 0.222 e. The van der Waals surface area contributed by atoms with Crippen molar-refractivity contribution in [2.45, 2.75) is 46.1 Å². The Morgan fingerprint density at radius 3 is 2.50 bits per heavy atom. The van der Waals surface area contributed by atoms with E-state index >= 15 is 0 Å². The average molecular weight is 325 g/mol. The van der Waals surface area contributed by atoms with Gasteiger partial charge >= 0.3 is 0 Å². The number of hydrogen-bond acceptors (Lipinski definition) is 2. The molecule has 128 valence electrons. The SMILES string of the molecule is Cc1cnc(C)n1CC1CCN(C(=O)CCc2ccccc2)CC1. The zero-order valence-electron chi connectivity index (χ0n) is 14.7. The van der Waals surface area contributed by atoms with Gasteiger partial charge in [-0.15, -0.1) is 0 Å². The highest BCUT2D eigenvalue weighted by Gasteiger charge is 2.23. The van der Waals surface area contributed by atoms with Crippen LogP contribution in [0.25, 0.3) is 0 Å². The van der Waals surface area contributed by atoms with Crippen LogP contribution in [0.5, 0.6) is 0 Å². The van der Waals surface area contributed by atoms with Crippen LogP contribution < -0.4 is 0 Å². The van der Waals surface area contributed by atoms with E-state index in [1.807, 2.05) is 29.3 Å². The molecular formula is C20H27N3O. The summed E-state index contributed by atoms with van der Waals surface area (Å²) in [6.45, 7) is 7.00. The molecule has 0 aliphatic carbocycles. The lowest BCUT2D eigenvalue weighted by Crippen LogP contribution is -2.39. The number of aryl methyl sites for hydroxylation is 3. The number of aromatic nitrogens is 2. The second-order valence-electron chi connectivity index (χ2n) is 6.87. The first-order valence-corrected chi connectivity index (χ1v) is 8.94. The summed E-state index contributed by atoms with van der Waals surface area (Å²) in [5, 5.41) is 0. The fourth-order valence-corrected chi connectivity index (χ4v) is 3.53. The van der Waals surface area contributed by atoms with E-state index in [-0.39, 0.29) is 0 Å². The van der Waals surface area contributed by atoms with Gasteiger partial charge in [-0.3, -0.25) is 4.79 Å². The Kier molecular flexibility index (Phi) is 5.34. The lowest BCUT2D eigenvalue weighted by molar-refractivity contribution is -0.132. The van der Waals surface area contributed by atoms with E-state index < -0.39 is 0 Å². The van der Waals surface area contributed by atoms with E-state index in [0.29, 0.717) is 18.2 Å². The van der Waals surface area contributed by atoms with Crippen molar-refractivity contribution in [1.82, 2.24) is 14.5 Å². The first-order chi connectivity index (χ1) is 11.6. The van der Waals surface area contributed by atoms with Crippen molar-refractivity contribution in [3.63, 3.8) is 0 Å². The van der Waals surface area contributed by atoms with Crippen molar-refractivity contribution < 1.29 is 4.79 Å². The van der Waals surface area contributed by atoms with Crippen molar-refractivity contribution in [1.29, 1.82) is 0 Å². The fraction of sp³-hybridized carbons (Fsp3) is 0.500. The topological polar surface area (TPSA) is 38.1 Å². The number of hydrogen-bond donors (Lipinski definition) is 0. The van der Waals surface area contributed by atoms with Crippen LogP contribution in [0.2, 0.25) is 0 Å². The Labute approximate surface area is 144 Å². The normalized spacial score (nSPS) is 15.7. The number of carbonyl (C=O) groups excluding carboxylic acids is 1. The molecule has 1 aromatic heterocycles. The largest absolute Gasteiger partial charge is 0.343 e. The van der Waals surface area contributed by atoms with E-state index in [1.54, 1.807) is 0 Å². The van der Waals surface area contributed by atoms with Gasteiger partial charge in [0, 0.05) is 37.9 Å². The minimum absolute atomic E-state index is 0.298. The molecule has 0 bridgehead atoms. The molecule has 2 aromatic rings. The lowest BCUT2D eigenvalue weighted by Gasteiger charge is -2.32. The van der Waals surface area contributed by atoms with Gasteiger partial charge in [0.05, 0.1) is 0 Å². The third-order valence-electron chi connectivity index (χ3n) is 5.13. The van der Waals surface area contributed by atoms with Gasteiger partial charge < -0.3 is 9.47 Å². The van der Waals surface area contributed by atoms with Gasteiger partial charge in [-0.1, -0.05) is 30.3 Å². The Morgan fingerprint density at radius 1 is 1.17 bits per heavy atom. The van der Waals surface area contributed by atoms with Gasteiger partial charge in [0.2, 0.25) is 5.91 Å². The van der Waals surface area contributed by atoms with E-state index in [9.17, 15) is 4.79 Å². The van der Waals surface area contributed by atoms with Crippen LogP contribution in [0.15, 0.2) is 36.5 Å². The van der Waals surface area contributed by atoms with Crippen molar-refractivity contribution in [2.24, 2.45) is 5.92 Å². The molecule has 1 aliphatic heterocycles. The zero-order valence-corrected chi connectivity index (χ0v) is 14.7. The second-order valence-corrected chi connectivity index (χ2v) is 6.87. The smallest absolute Gasteiger partial charge is 0.222 e. The zero-order chi connectivity index (χ0) is 16.9. The van der Waals surface area contributed by atoms with Crippen molar-refractivity contribution >= 4 is 5.91 Å². The summed E-state index contributed by atoms with van der Waals surface area (Å²) in [7, 11) is 0. The third kappa shape index (κ3) is 4.05. The summed E-state index contributed by atoms with van der Waals surface area (Å²) in [5.41, 5.74) is 2.47. The quantitative estimate of drug-likeness (QED) is 0.845. The molecule has 24 heavy (non-hydrogen) atoms. The van der Waals surface area contributed by atoms with Crippen LogP contribution in [0, 0.1) is 19.8 Å². The number of piperidine rings is 1. The molecule has 1 aromatic carbocycles. The number of amides is 1. The predicted molar refractivity (Wildman–Crippen MR) is 95.8 cm³/mol. The number of carbonyl (C=O) groups is 1. The first-order valence-electron chi connectivity index (χ1n) is 8.94. The summed E-state index contributed by atoms with van der Waals surface area (Å²) in [5.74, 6) is 2.04. The van der Waals surface area contributed by atoms with Crippen molar-refractivity contribution in [3.8, 4) is 0 Å². The molecule has 0 radical (unpaired) electrons. The van der Waals surface area contributed by atoms with E-state index in [4.69, 9.17) is 0 Å². The van der Waals surface area contributed by atoms with Gasteiger partial charge in [0.1, 0.15) is 5.82 Å². The molecule has 4 heteroatoms. The Bertz CT molecular complexity index is 650. The number of likely N-dealkylation sites (tertiary alicyclic amines) is 1. The maximum absolute atomic E-state index is 12.4. The van der Waals surface area contributed by atoms with Crippen LogP contribution in [0.4, 0.5) is 0 Å². The fourth-order valence-electron chi connectivity index (χ4n) is 3.53. The molecule has 0 unspecified atom stereocenters. The molecule has 1 amide bonds. The van der Waals surface area contributed by atoms with Crippen LogP contribution in [0.3, 0.4) is 0 Å². The molecule has 1 saturated heterocycles. The predicted octanol–water partition coefficient (Wildman–Crippen LogP) is 3.37.